The van der Waals surface area contributed by atoms with Gasteiger partial charge in [-0.15, -0.1) is 0 Å². The molecule has 0 amide bonds. The van der Waals surface area contributed by atoms with Crippen LogP contribution in [0.1, 0.15) is 44.6 Å². The van der Waals surface area contributed by atoms with Gasteiger partial charge in [0, 0.05) is 22.4 Å². The van der Waals surface area contributed by atoms with E-state index in [1.807, 2.05) is 0 Å². The van der Waals surface area contributed by atoms with Crippen LogP contribution in [0.3, 0.4) is 0 Å². The third-order valence-corrected chi connectivity index (χ3v) is 5.01. The predicted octanol–water partition coefficient (Wildman–Crippen LogP) is 5.50. The predicted molar refractivity (Wildman–Crippen MR) is 86.7 cm³/mol. The molecule has 1 atom stereocenters. The first-order chi connectivity index (χ1) is 8.76. The maximum atomic E-state index is 3.74. The number of hydrogen-bond acceptors (Lipinski definition) is 1. The van der Waals surface area contributed by atoms with Crippen molar-refractivity contribution >= 4 is 37.5 Å². The van der Waals surface area contributed by atoms with Gasteiger partial charge in [-0.2, -0.15) is 0 Å². The van der Waals surface area contributed by atoms with Crippen LogP contribution in [0.2, 0.25) is 0 Å². The van der Waals surface area contributed by atoms with Crippen LogP contribution in [0.4, 0.5) is 5.69 Å². The van der Waals surface area contributed by atoms with Crippen molar-refractivity contribution in [2.45, 2.75) is 50.4 Å². The van der Waals surface area contributed by atoms with Crippen LogP contribution in [-0.2, 0) is 5.33 Å². The van der Waals surface area contributed by atoms with Gasteiger partial charge in [-0.25, -0.2) is 0 Å². The molecule has 0 aliphatic carbocycles. The van der Waals surface area contributed by atoms with Gasteiger partial charge < -0.3 is 4.90 Å². The van der Waals surface area contributed by atoms with E-state index in [9.17, 15) is 0 Å². The Morgan fingerprint density at radius 1 is 1.33 bits per heavy atom. The Morgan fingerprint density at radius 2 is 2.17 bits per heavy atom. The zero-order valence-corrected chi connectivity index (χ0v) is 14.1. The van der Waals surface area contributed by atoms with Crippen molar-refractivity contribution in [1.29, 1.82) is 0 Å². The van der Waals surface area contributed by atoms with Crippen molar-refractivity contribution < 1.29 is 0 Å². The fourth-order valence-corrected chi connectivity index (χ4v) is 3.82. The molecule has 1 heterocycles. The molecule has 1 aliphatic heterocycles. The first-order valence-electron chi connectivity index (χ1n) is 6.87. The summed E-state index contributed by atoms with van der Waals surface area (Å²) in [4.78, 5) is 2.61. The molecule has 1 nitrogen and oxygen atoms in total. The summed E-state index contributed by atoms with van der Waals surface area (Å²) in [5.74, 6) is 0. The molecule has 0 spiro atoms. The summed E-state index contributed by atoms with van der Waals surface area (Å²) in [6.07, 6.45) is 6.65. The fraction of sp³-hybridized carbons (Fsp3) is 0.600. The highest BCUT2D eigenvalue weighted by atomic mass is 79.9. The van der Waals surface area contributed by atoms with Crippen molar-refractivity contribution in [1.82, 2.24) is 0 Å². The molecule has 3 heteroatoms. The lowest BCUT2D eigenvalue weighted by Crippen LogP contribution is -2.39. The molecule has 0 N–H and O–H groups in total. The van der Waals surface area contributed by atoms with E-state index in [0.717, 1.165) is 11.4 Å². The van der Waals surface area contributed by atoms with Crippen molar-refractivity contribution in [3.63, 3.8) is 0 Å². The number of anilines is 1. The summed E-state index contributed by atoms with van der Waals surface area (Å²) in [6, 6.07) is 7.47. The quantitative estimate of drug-likeness (QED) is 0.628. The minimum atomic E-state index is 0.731. The van der Waals surface area contributed by atoms with Crippen molar-refractivity contribution in [2.24, 2.45) is 0 Å². The average Bonchev–Trinajstić information content (AvgIpc) is 2.40. The van der Waals surface area contributed by atoms with Crippen LogP contribution in [0.5, 0.6) is 0 Å². The van der Waals surface area contributed by atoms with Crippen molar-refractivity contribution in [3.8, 4) is 0 Å². The summed E-state index contributed by atoms with van der Waals surface area (Å²) in [7, 11) is 0. The Bertz CT molecular complexity index is 390. The first-order valence-corrected chi connectivity index (χ1v) is 8.78. The van der Waals surface area contributed by atoms with Crippen LogP contribution >= 0.6 is 31.9 Å². The highest BCUT2D eigenvalue weighted by Crippen LogP contribution is 2.33. The maximum Gasteiger partial charge on any atom is 0.0513 e. The van der Waals surface area contributed by atoms with Gasteiger partial charge in [-0.05, 0) is 59.3 Å². The summed E-state index contributed by atoms with van der Waals surface area (Å²) in [5.41, 5.74) is 2.70. The van der Waals surface area contributed by atoms with E-state index < -0.39 is 0 Å². The number of rotatable bonds is 4. The SMILES string of the molecule is CCCC1CCCCN1c1ccc(CBr)cc1Br. The van der Waals surface area contributed by atoms with Gasteiger partial charge in [0.2, 0.25) is 0 Å². The van der Waals surface area contributed by atoms with Gasteiger partial charge in [0.25, 0.3) is 0 Å². The van der Waals surface area contributed by atoms with Crippen LogP contribution < -0.4 is 4.90 Å². The summed E-state index contributed by atoms with van der Waals surface area (Å²) in [6.45, 7) is 3.49. The monoisotopic (exact) mass is 373 g/mol. The Kier molecular flexibility index (Phi) is 5.56. The second-order valence-electron chi connectivity index (χ2n) is 5.05. The van der Waals surface area contributed by atoms with Crippen LogP contribution in [0, 0.1) is 0 Å². The molecular weight excluding hydrogens is 354 g/mol. The summed E-state index contributed by atoms with van der Waals surface area (Å²) in [5, 5.41) is 0.921. The molecule has 18 heavy (non-hydrogen) atoms. The Labute approximate surface area is 127 Å². The lowest BCUT2D eigenvalue weighted by Gasteiger charge is -2.38. The Balaban J connectivity index is 2.22. The minimum absolute atomic E-state index is 0.731. The molecule has 1 aromatic carbocycles. The van der Waals surface area contributed by atoms with Gasteiger partial charge in [0.15, 0.2) is 0 Å². The largest absolute Gasteiger partial charge is 0.368 e. The van der Waals surface area contributed by atoms with E-state index in [1.165, 1.54) is 54.4 Å². The van der Waals surface area contributed by atoms with Gasteiger partial charge in [0.05, 0.1) is 5.69 Å². The standard InChI is InChI=1S/C15H21Br2N/c1-2-5-13-6-3-4-9-18(13)15-8-7-12(11-16)10-14(15)17/h7-8,10,13H,2-6,9,11H2,1H3. The molecule has 1 unspecified atom stereocenters. The van der Waals surface area contributed by atoms with E-state index in [0.29, 0.717) is 0 Å². The molecule has 100 valence electrons. The van der Waals surface area contributed by atoms with E-state index in [-0.39, 0.29) is 0 Å². The molecule has 0 saturated carbocycles. The van der Waals surface area contributed by atoms with Crippen LogP contribution in [0.25, 0.3) is 0 Å². The van der Waals surface area contributed by atoms with E-state index in [2.05, 4.69) is 61.9 Å². The number of alkyl halides is 1. The van der Waals surface area contributed by atoms with Gasteiger partial charge in [0.1, 0.15) is 0 Å². The third kappa shape index (κ3) is 3.30. The number of halogens is 2. The molecule has 1 saturated heterocycles. The highest BCUT2D eigenvalue weighted by molar-refractivity contribution is 9.10. The molecule has 0 bridgehead atoms. The van der Waals surface area contributed by atoms with E-state index >= 15 is 0 Å². The van der Waals surface area contributed by atoms with Crippen molar-refractivity contribution in [2.75, 3.05) is 11.4 Å². The van der Waals surface area contributed by atoms with Crippen molar-refractivity contribution in [3.05, 3.63) is 28.2 Å². The summed E-state index contributed by atoms with van der Waals surface area (Å²) < 4.78 is 1.24. The number of hydrogen-bond donors (Lipinski definition) is 0. The fourth-order valence-electron chi connectivity index (χ4n) is 2.82. The maximum absolute atomic E-state index is 3.74. The first kappa shape index (κ1) is 14.4. The molecule has 0 radical (unpaired) electrons. The lowest BCUT2D eigenvalue weighted by molar-refractivity contribution is 0.434. The molecule has 1 fully saturated rings. The zero-order valence-electron chi connectivity index (χ0n) is 11.0. The molecule has 1 aliphatic rings. The minimum Gasteiger partial charge on any atom is -0.368 e. The van der Waals surface area contributed by atoms with Crippen LogP contribution in [0.15, 0.2) is 22.7 Å². The lowest BCUT2D eigenvalue weighted by atomic mass is 9.97. The average molecular weight is 375 g/mol. The van der Waals surface area contributed by atoms with Gasteiger partial charge in [-0.1, -0.05) is 35.3 Å². The molecule has 1 aromatic rings. The number of benzene rings is 1. The molecule has 2 rings (SSSR count). The topological polar surface area (TPSA) is 3.24 Å². The molecular formula is C15H21Br2N. The highest BCUT2D eigenvalue weighted by Gasteiger charge is 2.23. The smallest absolute Gasteiger partial charge is 0.0513 e. The second-order valence-corrected chi connectivity index (χ2v) is 6.47. The zero-order chi connectivity index (χ0) is 13.0. The summed E-state index contributed by atoms with van der Waals surface area (Å²) >= 11 is 7.25. The Morgan fingerprint density at radius 3 is 2.83 bits per heavy atom. The molecule has 0 aromatic heterocycles. The second kappa shape index (κ2) is 6.95. The number of piperidine rings is 1. The number of nitrogens with zero attached hydrogens (tertiary/aromatic N) is 1. The normalized spacial score (nSPS) is 20.2. The van der Waals surface area contributed by atoms with Crippen LogP contribution in [-0.4, -0.2) is 12.6 Å². The van der Waals surface area contributed by atoms with E-state index in [4.69, 9.17) is 0 Å². The Hall–Kier alpha value is -0.0200. The van der Waals surface area contributed by atoms with Gasteiger partial charge in [-0.3, -0.25) is 0 Å². The van der Waals surface area contributed by atoms with Gasteiger partial charge >= 0.3 is 0 Å². The van der Waals surface area contributed by atoms with E-state index in [1.54, 1.807) is 0 Å². The third-order valence-electron chi connectivity index (χ3n) is 3.72.